The van der Waals surface area contributed by atoms with Crippen LogP contribution in [0.25, 0.3) is 0 Å². The molecule has 7 heteroatoms. The molecule has 2 aromatic rings. The molecule has 1 saturated heterocycles. The quantitative estimate of drug-likeness (QED) is 0.924. The summed E-state index contributed by atoms with van der Waals surface area (Å²) in [5, 5.41) is 6.28. The van der Waals surface area contributed by atoms with Crippen LogP contribution in [-0.4, -0.2) is 52.0 Å². The zero-order chi connectivity index (χ0) is 16.9. The molecular weight excluding hydrogens is 322 g/mol. The Hall–Kier alpha value is -1.99. The van der Waals surface area contributed by atoms with Gasteiger partial charge in [-0.05, 0) is 31.5 Å². The number of piperazine rings is 1. The molecular formula is C17H23N5OS. The van der Waals surface area contributed by atoms with Gasteiger partial charge in [0.2, 0.25) is 0 Å². The molecule has 2 aromatic heterocycles. The topological polar surface area (TPSA) is 61.4 Å². The zero-order valence-corrected chi connectivity index (χ0v) is 14.9. The van der Waals surface area contributed by atoms with E-state index in [0.29, 0.717) is 0 Å². The Morgan fingerprint density at radius 1 is 1.29 bits per heavy atom. The average molecular weight is 345 g/mol. The highest BCUT2D eigenvalue weighted by Gasteiger charge is 2.22. The van der Waals surface area contributed by atoms with Crippen LogP contribution in [0.15, 0.2) is 29.9 Å². The van der Waals surface area contributed by atoms with Gasteiger partial charge in [0.05, 0.1) is 16.7 Å². The molecule has 2 amide bonds. The number of aryl methyl sites for hydroxylation is 1. The van der Waals surface area contributed by atoms with Crippen molar-refractivity contribution in [2.24, 2.45) is 0 Å². The van der Waals surface area contributed by atoms with E-state index in [1.807, 2.05) is 30.9 Å². The Labute approximate surface area is 146 Å². The summed E-state index contributed by atoms with van der Waals surface area (Å²) >= 11 is 1.69. The first kappa shape index (κ1) is 16.9. The summed E-state index contributed by atoms with van der Waals surface area (Å²) in [6.45, 7) is 8.15. The summed E-state index contributed by atoms with van der Waals surface area (Å²) in [6.07, 6.45) is 3.49. The normalized spacial score (nSPS) is 16.8. The second kappa shape index (κ2) is 7.72. The average Bonchev–Trinajstić information content (AvgIpc) is 3.01. The van der Waals surface area contributed by atoms with Gasteiger partial charge in [-0.15, -0.1) is 11.3 Å². The number of pyridine rings is 1. The monoisotopic (exact) mass is 345 g/mol. The van der Waals surface area contributed by atoms with Crippen molar-refractivity contribution in [3.63, 3.8) is 0 Å². The molecule has 1 fully saturated rings. The fourth-order valence-corrected chi connectivity index (χ4v) is 3.43. The third-order valence-electron chi connectivity index (χ3n) is 4.26. The number of nitrogens with one attached hydrogen (secondary N) is 1. The van der Waals surface area contributed by atoms with E-state index in [0.717, 1.165) is 49.0 Å². The van der Waals surface area contributed by atoms with Crippen LogP contribution < -0.4 is 5.32 Å². The Morgan fingerprint density at radius 2 is 2.00 bits per heavy atom. The molecule has 0 bridgehead atoms. The third-order valence-corrected chi connectivity index (χ3v) is 5.08. The fourth-order valence-electron chi connectivity index (χ4n) is 2.83. The van der Waals surface area contributed by atoms with Gasteiger partial charge in [-0.2, -0.15) is 0 Å². The second-order valence-corrected chi connectivity index (χ2v) is 7.14. The van der Waals surface area contributed by atoms with Gasteiger partial charge in [0.25, 0.3) is 0 Å². The molecule has 0 aliphatic carbocycles. The van der Waals surface area contributed by atoms with Crippen LogP contribution in [0.5, 0.6) is 0 Å². The first-order chi connectivity index (χ1) is 11.6. The van der Waals surface area contributed by atoms with Gasteiger partial charge in [0, 0.05) is 50.5 Å². The number of carbonyl (C=O) groups excluding carboxylic acids is 1. The van der Waals surface area contributed by atoms with Crippen LogP contribution in [0.3, 0.4) is 0 Å². The van der Waals surface area contributed by atoms with Crippen molar-refractivity contribution in [3.8, 4) is 0 Å². The highest BCUT2D eigenvalue weighted by Crippen LogP contribution is 2.14. The zero-order valence-electron chi connectivity index (χ0n) is 14.1. The molecule has 1 aliphatic heterocycles. The summed E-state index contributed by atoms with van der Waals surface area (Å²) in [5.74, 6) is 0. The number of aromatic nitrogens is 2. The molecule has 0 saturated carbocycles. The van der Waals surface area contributed by atoms with Crippen LogP contribution in [0.2, 0.25) is 0 Å². The lowest BCUT2D eigenvalue weighted by molar-refractivity contribution is 0.133. The summed E-state index contributed by atoms with van der Waals surface area (Å²) in [7, 11) is 0. The standard InChI is InChI=1S/C17H23N5OS/c1-13(15-3-5-18-6-4-15)19-17(23)22-9-7-21(8-10-22)11-16-12-24-14(2)20-16/h3-6,12-13H,7-11H2,1-2H3,(H,19,23). The Morgan fingerprint density at radius 3 is 2.62 bits per heavy atom. The van der Waals surface area contributed by atoms with E-state index in [-0.39, 0.29) is 12.1 Å². The molecule has 3 heterocycles. The largest absolute Gasteiger partial charge is 0.331 e. The Balaban J connectivity index is 1.46. The number of urea groups is 1. The van der Waals surface area contributed by atoms with Gasteiger partial charge < -0.3 is 10.2 Å². The molecule has 3 rings (SSSR count). The highest BCUT2D eigenvalue weighted by molar-refractivity contribution is 7.09. The first-order valence-corrected chi connectivity index (χ1v) is 9.08. The second-order valence-electron chi connectivity index (χ2n) is 6.07. The van der Waals surface area contributed by atoms with Gasteiger partial charge in [-0.25, -0.2) is 9.78 Å². The van der Waals surface area contributed by atoms with Crippen molar-refractivity contribution in [3.05, 3.63) is 46.2 Å². The van der Waals surface area contributed by atoms with Crippen molar-refractivity contribution in [1.29, 1.82) is 0 Å². The van der Waals surface area contributed by atoms with Crippen molar-refractivity contribution in [2.75, 3.05) is 26.2 Å². The number of hydrogen-bond donors (Lipinski definition) is 1. The molecule has 0 spiro atoms. The molecule has 24 heavy (non-hydrogen) atoms. The van der Waals surface area contributed by atoms with E-state index < -0.39 is 0 Å². The van der Waals surface area contributed by atoms with Gasteiger partial charge in [0.1, 0.15) is 0 Å². The number of rotatable bonds is 4. The maximum atomic E-state index is 12.4. The summed E-state index contributed by atoms with van der Waals surface area (Å²) in [6, 6.07) is 3.84. The van der Waals surface area contributed by atoms with E-state index >= 15 is 0 Å². The van der Waals surface area contributed by atoms with Crippen LogP contribution in [-0.2, 0) is 6.54 Å². The van der Waals surface area contributed by atoms with Crippen molar-refractivity contribution >= 4 is 17.4 Å². The number of carbonyl (C=O) groups is 1. The predicted molar refractivity (Wildman–Crippen MR) is 94.9 cm³/mol. The summed E-state index contributed by atoms with van der Waals surface area (Å²) < 4.78 is 0. The van der Waals surface area contributed by atoms with Gasteiger partial charge >= 0.3 is 6.03 Å². The molecule has 1 atom stereocenters. The Kier molecular flexibility index (Phi) is 5.42. The molecule has 0 aromatic carbocycles. The van der Waals surface area contributed by atoms with Crippen LogP contribution in [0.1, 0.15) is 29.2 Å². The smallest absolute Gasteiger partial charge is 0.317 e. The molecule has 1 aliphatic rings. The van der Waals surface area contributed by atoms with Crippen LogP contribution in [0.4, 0.5) is 4.79 Å². The van der Waals surface area contributed by atoms with E-state index in [9.17, 15) is 4.79 Å². The van der Waals surface area contributed by atoms with E-state index in [2.05, 4.69) is 25.6 Å². The van der Waals surface area contributed by atoms with Crippen molar-refractivity contribution in [2.45, 2.75) is 26.4 Å². The minimum atomic E-state index is -0.0171. The maximum absolute atomic E-state index is 12.4. The van der Waals surface area contributed by atoms with E-state index in [4.69, 9.17) is 0 Å². The summed E-state index contributed by atoms with van der Waals surface area (Å²) in [4.78, 5) is 25.2. The lowest BCUT2D eigenvalue weighted by Gasteiger charge is -2.35. The Bertz CT molecular complexity index is 667. The van der Waals surface area contributed by atoms with E-state index in [1.165, 1.54) is 0 Å². The highest BCUT2D eigenvalue weighted by atomic mass is 32.1. The molecule has 1 N–H and O–H groups in total. The predicted octanol–water partition coefficient (Wildman–Crippen LogP) is 2.43. The minimum Gasteiger partial charge on any atom is -0.331 e. The lowest BCUT2D eigenvalue weighted by atomic mass is 10.1. The molecule has 0 radical (unpaired) electrons. The first-order valence-electron chi connectivity index (χ1n) is 8.20. The molecule has 128 valence electrons. The number of amides is 2. The van der Waals surface area contributed by atoms with Crippen molar-refractivity contribution < 1.29 is 4.79 Å². The van der Waals surface area contributed by atoms with Crippen molar-refractivity contribution in [1.82, 2.24) is 25.1 Å². The lowest BCUT2D eigenvalue weighted by Crippen LogP contribution is -2.51. The molecule has 6 nitrogen and oxygen atoms in total. The van der Waals surface area contributed by atoms with Gasteiger partial charge in [-0.3, -0.25) is 9.88 Å². The van der Waals surface area contributed by atoms with Gasteiger partial charge in [0.15, 0.2) is 0 Å². The summed E-state index contributed by atoms with van der Waals surface area (Å²) in [5.41, 5.74) is 2.19. The van der Waals surface area contributed by atoms with Crippen LogP contribution >= 0.6 is 11.3 Å². The SMILES string of the molecule is Cc1nc(CN2CCN(C(=O)NC(C)c3ccncc3)CC2)cs1. The number of thiazole rings is 1. The molecule has 1 unspecified atom stereocenters. The third kappa shape index (κ3) is 4.30. The van der Waals surface area contributed by atoms with Gasteiger partial charge in [-0.1, -0.05) is 0 Å². The fraction of sp³-hybridized carbons (Fsp3) is 0.471. The maximum Gasteiger partial charge on any atom is 0.317 e. The van der Waals surface area contributed by atoms with Crippen LogP contribution in [0, 0.1) is 6.92 Å². The number of nitrogens with zero attached hydrogens (tertiary/aromatic N) is 4. The van der Waals surface area contributed by atoms with E-state index in [1.54, 1.807) is 23.7 Å². The minimum absolute atomic E-state index is 0.00321. The number of hydrogen-bond acceptors (Lipinski definition) is 5.